The fourth-order valence-electron chi connectivity index (χ4n) is 1.41. The van der Waals surface area contributed by atoms with E-state index in [1.54, 1.807) is 18.5 Å². The molecule has 4 nitrogen and oxygen atoms in total. The summed E-state index contributed by atoms with van der Waals surface area (Å²) in [5.41, 5.74) is 7.93. The molecule has 0 aliphatic rings. The molecule has 1 aromatic heterocycles. The summed E-state index contributed by atoms with van der Waals surface area (Å²) in [6, 6.07) is 7.70. The first-order valence-electron chi connectivity index (χ1n) is 5.08. The van der Waals surface area contributed by atoms with E-state index in [4.69, 9.17) is 5.73 Å². The topological polar surface area (TPSA) is 68.9 Å². The Hall–Kier alpha value is -2.49. The number of benzene rings is 1. The molecule has 4 heteroatoms. The van der Waals surface area contributed by atoms with Crippen molar-refractivity contribution in [3.63, 3.8) is 0 Å². The fraction of sp³-hybridized carbons (Fsp3) is 0. The molecule has 0 unspecified atom stereocenters. The Bertz CT molecular complexity index is 532. The van der Waals surface area contributed by atoms with Crippen LogP contribution < -0.4 is 5.73 Å². The molecule has 17 heavy (non-hydrogen) atoms. The maximum Gasteiger partial charge on any atom is 0.241 e. The predicted octanol–water partition coefficient (Wildman–Crippen LogP) is 1.64. The van der Waals surface area contributed by atoms with Crippen molar-refractivity contribution in [2.24, 2.45) is 5.73 Å². The monoisotopic (exact) mass is 225 g/mol. The summed E-state index contributed by atoms with van der Waals surface area (Å²) in [6.45, 7) is 0. The van der Waals surface area contributed by atoms with Crippen LogP contribution in [0.4, 0.5) is 0 Å². The molecule has 0 aliphatic heterocycles. The van der Waals surface area contributed by atoms with Gasteiger partial charge in [-0.15, -0.1) is 0 Å². The molecule has 1 aromatic carbocycles. The normalized spacial score (nSPS) is 10.6. The highest BCUT2D eigenvalue weighted by Gasteiger charge is 1.96. The molecule has 2 aromatic rings. The Morgan fingerprint density at radius 1 is 1.06 bits per heavy atom. The van der Waals surface area contributed by atoms with E-state index < -0.39 is 5.91 Å². The predicted molar refractivity (Wildman–Crippen MR) is 65.7 cm³/mol. The summed E-state index contributed by atoms with van der Waals surface area (Å²) in [6.07, 6.45) is 8.00. The number of nitrogens with zero attached hydrogens (tertiary/aromatic N) is 2. The van der Waals surface area contributed by atoms with Crippen molar-refractivity contribution in [2.75, 3.05) is 0 Å². The average molecular weight is 225 g/mol. The quantitative estimate of drug-likeness (QED) is 0.807. The van der Waals surface area contributed by atoms with Crippen LogP contribution in [0.5, 0.6) is 0 Å². The van der Waals surface area contributed by atoms with Crippen LogP contribution in [-0.2, 0) is 4.79 Å². The maximum atomic E-state index is 10.6. The SMILES string of the molecule is NC(=O)/C=C\c1ccc(-c2cncnc2)cc1. The third-order valence-corrected chi connectivity index (χ3v) is 2.24. The molecule has 84 valence electrons. The Balaban J connectivity index is 2.22. The van der Waals surface area contributed by atoms with Crippen molar-refractivity contribution in [2.45, 2.75) is 0 Å². The van der Waals surface area contributed by atoms with Gasteiger partial charge in [0.25, 0.3) is 0 Å². The summed E-state index contributed by atoms with van der Waals surface area (Å²) < 4.78 is 0. The lowest BCUT2D eigenvalue weighted by Crippen LogP contribution is -2.04. The van der Waals surface area contributed by atoms with Crippen LogP contribution in [0.1, 0.15) is 5.56 Å². The molecule has 0 bridgehead atoms. The standard InChI is InChI=1S/C13H11N3O/c14-13(17)6-3-10-1-4-11(5-2-10)12-7-15-9-16-8-12/h1-9H,(H2,14,17)/b6-3-. The number of primary amides is 1. The van der Waals surface area contributed by atoms with Gasteiger partial charge in [0.1, 0.15) is 6.33 Å². The zero-order valence-corrected chi connectivity index (χ0v) is 9.08. The first-order chi connectivity index (χ1) is 8.25. The Morgan fingerprint density at radius 3 is 2.29 bits per heavy atom. The summed E-state index contributed by atoms with van der Waals surface area (Å²) >= 11 is 0. The minimum Gasteiger partial charge on any atom is -0.366 e. The second kappa shape index (κ2) is 5.03. The number of aromatic nitrogens is 2. The number of carbonyl (C=O) groups excluding carboxylic acids is 1. The maximum absolute atomic E-state index is 10.6. The highest BCUT2D eigenvalue weighted by molar-refractivity contribution is 5.90. The van der Waals surface area contributed by atoms with Crippen LogP contribution in [0, 0.1) is 0 Å². The van der Waals surface area contributed by atoms with E-state index in [2.05, 4.69) is 9.97 Å². The van der Waals surface area contributed by atoms with Gasteiger partial charge in [0.15, 0.2) is 0 Å². The van der Waals surface area contributed by atoms with Crippen LogP contribution in [0.25, 0.3) is 17.2 Å². The van der Waals surface area contributed by atoms with Gasteiger partial charge in [0.05, 0.1) is 0 Å². The molecule has 0 radical (unpaired) electrons. The zero-order chi connectivity index (χ0) is 12.1. The van der Waals surface area contributed by atoms with E-state index in [1.807, 2.05) is 24.3 Å². The van der Waals surface area contributed by atoms with Crippen molar-refractivity contribution in [1.29, 1.82) is 0 Å². The van der Waals surface area contributed by atoms with Crippen LogP contribution in [0.3, 0.4) is 0 Å². The van der Waals surface area contributed by atoms with Crippen molar-refractivity contribution in [1.82, 2.24) is 9.97 Å². The molecule has 0 atom stereocenters. The van der Waals surface area contributed by atoms with E-state index in [9.17, 15) is 4.79 Å². The average Bonchev–Trinajstić information content (AvgIpc) is 2.38. The summed E-state index contributed by atoms with van der Waals surface area (Å²) in [5, 5.41) is 0. The van der Waals surface area contributed by atoms with Gasteiger partial charge in [-0.2, -0.15) is 0 Å². The van der Waals surface area contributed by atoms with Gasteiger partial charge in [-0.25, -0.2) is 9.97 Å². The molecule has 0 saturated carbocycles. The lowest BCUT2D eigenvalue weighted by molar-refractivity contribution is -0.113. The second-order valence-electron chi connectivity index (χ2n) is 3.48. The van der Waals surface area contributed by atoms with Crippen LogP contribution in [0.2, 0.25) is 0 Å². The first-order valence-corrected chi connectivity index (χ1v) is 5.08. The van der Waals surface area contributed by atoms with Gasteiger partial charge in [0.2, 0.25) is 5.91 Å². The van der Waals surface area contributed by atoms with Crippen LogP contribution >= 0.6 is 0 Å². The fourth-order valence-corrected chi connectivity index (χ4v) is 1.41. The smallest absolute Gasteiger partial charge is 0.241 e. The van der Waals surface area contributed by atoms with Gasteiger partial charge >= 0.3 is 0 Å². The summed E-state index contributed by atoms with van der Waals surface area (Å²) in [4.78, 5) is 18.5. The second-order valence-corrected chi connectivity index (χ2v) is 3.48. The number of carbonyl (C=O) groups is 1. The van der Waals surface area contributed by atoms with Gasteiger partial charge in [-0.1, -0.05) is 24.3 Å². The molecule has 0 fully saturated rings. The number of hydrogen-bond donors (Lipinski definition) is 1. The summed E-state index contributed by atoms with van der Waals surface area (Å²) in [5.74, 6) is -0.453. The minimum atomic E-state index is -0.453. The van der Waals surface area contributed by atoms with Gasteiger partial charge in [0, 0.05) is 24.0 Å². The highest BCUT2D eigenvalue weighted by Crippen LogP contribution is 2.17. The number of nitrogens with two attached hydrogens (primary N) is 1. The van der Waals surface area contributed by atoms with Crippen LogP contribution in [0.15, 0.2) is 49.1 Å². The van der Waals surface area contributed by atoms with E-state index >= 15 is 0 Å². The van der Waals surface area contributed by atoms with E-state index in [1.165, 1.54) is 12.4 Å². The lowest BCUT2D eigenvalue weighted by atomic mass is 10.1. The number of rotatable bonds is 3. The van der Waals surface area contributed by atoms with Crippen molar-refractivity contribution < 1.29 is 4.79 Å². The summed E-state index contributed by atoms with van der Waals surface area (Å²) in [7, 11) is 0. The molecule has 1 amide bonds. The molecular formula is C13H11N3O. The van der Waals surface area contributed by atoms with Crippen molar-refractivity contribution in [3.05, 3.63) is 54.6 Å². The molecule has 0 aliphatic carbocycles. The van der Waals surface area contributed by atoms with Crippen molar-refractivity contribution >= 4 is 12.0 Å². The van der Waals surface area contributed by atoms with E-state index in [-0.39, 0.29) is 0 Å². The van der Waals surface area contributed by atoms with Gasteiger partial charge in [-0.3, -0.25) is 4.79 Å². The number of amides is 1. The highest BCUT2D eigenvalue weighted by atomic mass is 16.1. The minimum absolute atomic E-state index is 0.453. The van der Waals surface area contributed by atoms with Crippen LogP contribution in [-0.4, -0.2) is 15.9 Å². The molecule has 1 heterocycles. The van der Waals surface area contributed by atoms with Gasteiger partial charge < -0.3 is 5.73 Å². The zero-order valence-electron chi connectivity index (χ0n) is 9.08. The third kappa shape index (κ3) is 2.98. The molecule has 0 saturated heterocycles. The van der Waals surface area contributed by atoms with Gasteiger partial charge in [-0.05, 0) is 17.2 Å². The number of hydrogen-bond acceptors (Lipinski definition) is 3. The first kappa shape index (κ1) is 11.0. The molecule has 0 spiro atoms. The molecule has 2 rings (SSSR count). The van der Waals surface area contributed by atoms with E-state index in [0.29, 0.717) is 0 Å². The largest absolute Gasteiger partial charge is 0.366 e. The molecule has 2 N–H and O–H groups in total. The Morgan fingerprint density at radius 2 is 1.71 bits per heavy atom. The molecular weight excluding hydrogens is 214 g/mol. The Labute approximate surface area is 98.8 Å². The third-order valence-electron chi connectivity index (χ3n) is 2.24. The van der Waals surface area contributed by atoms with E-state index in [0.717, 1.165) is 16.7 Å². The lowest BCUT2D eigenvalue weighted by Gasteiger charge is -2.00. The van der Waals surface area contributed by atoms with Crippen molar-refractivity contribution in [3.8, 4) is 11.1 Å². The Kier molecular flexibility index (Phi) is 3.25.